The molecule has 2 heterocycles. The molecule has 4 fully saturated rings. The summed E-state index contributed by atoms with van der Waals surface area (Å²) in [5, 5.41) is 13.7. The van der Waals surface area contributed by atoms with Gasteiger partial charge in [-0.15, -0.1) is 0 Å². The number of Topliss-reactive ketones (excluding diaryl/α,β-unsaturated/α-hetero) is 1. The van der Waals surface area contributed by atoms with Crippen molar-refractivity contribution in [1.82, 2.24) is 4.98 Å². The molecule has 1 saturated heterocycles. The van der Waals surface area contributed by atoms with Crippen molar-refractivity contribution in [1.29, 1.82) is 0 Å². The predicted molar refractivity (Wildman–Crippen MR) is 154 cm³/mol. The SMILES string of the molecule is CC1(C)O[C@@H]2CC3C4CCC5=CC(=O)C=CC5(C)C4C(O)CC3(C)[C@]2(C(=O)CSc2ccc3ccccc3n2)O1. The fourth-order valence-corrected chi connectivity index (χ4v) is 10.1. The third-order valence-electron chi connectivity index (χ3n) is 10.8. The molecule has 7 heteroatoms. The Kier molecular flexibility index (Phi) is 5.87. The minimum Gasteiger partial charge on any atom is -0.393 e. The van der Waals surface area contributed by atoms with Crippen molar-refractivity contribution in [3.05, 3.63) is 60.2 Å². The van der Waals surface area contributed by atoms with Crippen LogP contribution < -0.4 is 0 Å². The number of allylic oxidation sites excluding steroid dienone is 4. The van der Waals surface area contributed by atoms with Gasteiger partial charge in [0.15, 0.2) is 23.0 Å². The van der Waals surface area contributed by atoms with Gasteiger partial charge in [-0.2, -0.15) is 0 Å². The maximum Gasteiger partial charge on any atom is 0.178 e. The van der Waals surface area contributed by atoms with Gasteiger partial charge in [-0.05, 0) is 75.7 Å². The van der Waals surface area contributed by atoms with E-state index in [1.54, 1.807) is 12.2 Å². The third kappa shape index (κ3) is 3.63. The first-order valence-corrected chi connectivity index (χ1v) is 15.5. The molecule has 8 atom stereocenters. The smallest absolute Gasteiger partial charge is 0.178 e. The topological polar surface area (TPSA) is 85.7 Å². The number of hydrogen-bond donors (Lipinski definition) is 1. The van der Waals surface area contributed by atoms with Crippen molar-refractivity contribution in [2.45, 2.75) is 82.0 Å². The summed E-state index contributed by atoms with van der Waals surface area (Å²) in [6.45, 7) is 8.11. The Morgan fingerprint density at radius 2 is 1.95 bits per heavy atom. The first kappa shape index (κ1) is 26.6. The van der Waals surface area contributed by atoms with Crippen molar-refractivity contribution >= 4 is 34.2 Å². The second-order valence-electron chi connectivity index (χ2n) is 13.3. The van der Waals surface area contributed by atoms with Crippen LogP contribution in [0.3, 0.4) is 0 Å². The highest BCUT2D eigenvalue weighted by Crippen LogP contribution is 2.70. The molecule has 0 amide bonds. The lowest BCUT2D eigenvalue weighted by atomic mass is 9.46. The van der Waals surface area contributed by atoms with Crippen molar-refractivity contribution in [3.63, 3.8) is 0 Å². The largest absolute Gasteiger partial charge is 0.393 e. The van der Waals surface area contributed by atoms with E-state index in [2.05, 4.69) is 13.8 Å². The number of aromatic nitrogens is 1. The van der Waals surface area contributed by atoms with E-state index in [0.29, 0.717) is 6.42 Å². The molecule has 6 unspecified atom stereocenters. The van der Waals surface area contributed by atoms with Gasteiger partial charge in [-0.1, -0.05) is 61.5 Å². The summed E-state index contributed by atoms with van der Waals surface area (Å²) in [6.07, 6.45) is 7.38. The Labute approximate surface area is 239 Å². The highest BCUT2D eigenvalue weighted by Gasteiger charge is 2.76. The first-order chi connectivity index (χ1) is 19.0. The molecule has 1 aromatic heterocycles. The Bertz CT molecular complexity index is 1480. The maximum atomic E-state index is 14.4. The van der Waals surface area contributed by atoms with Gasteiger partial charge in [-0.3, -0.25) is 9.59 Å². The Hall–Kier alpha value is -2.32. The molecular formula is C33H37NO5S. The molecule has 0 spiro atoms. The van der Waals surface area contributed by atoms with Crippen LogP contribution in [0.1, 0.15) is 53.4 Å². The Balaban J connectivity index is 1.22. The second kappa shape index (κ2) is 8.84. The quantitative estimate of drug-likeness (QED) is 0.483. The predicted octanol–water partition coefficient (Wildman–Crippen LogP) is 5.67. The Morgan fingerprint density at radius 3 is 2.77 bits per heavy atom. The summed E-state index contributed by atoms with van der Waals surface area (Å²) in [6, 6.07) is 12.0. The standard InChI is InChI=1S/C33H37NO5S/c1-30(2)38-27-16-23-22-11-10-20-15-21(35)13-14-31(20,3)29(22)25(36)17-32(23,4)33(27,39-30)26(37)18-40-28-12-9-19-7-5-6-8-24(19)34-28/h5-9,12-15,22-23,25,27,29,36H,10-11,16-18H2,1-4H3/t22?,23?,25?,27-,29?,31?,32?,33-/m1/s1. The minimum atomic E-state index is -1.13. The van der Waals surface area contributed by atoms with E-state index in [0.717, 1.165) is 40.8 Å². The summed E-state index contributed by atoms with van der Waals surface area (Å²) in [4.78, 5) is 31.4. The van der Waals surface area contributed by atoms with Crippen molar-refractivity contribution in [2.75, 3.05) is 5.75 Å². The fourth-order valence-electron chi connectivity index (χ4n) is 9.30. The number of ether oxygens (including phenoxy) is 2. The van der Waals surface area contributed by atoms with Gasteiger partial charge in [0.2, 0.25) is 0 Å². The molecule has 3 saturated carbocycles. The Morgan fingerprint density at radius 1 is 1.15 bits per heavy atom. The number of nitrogens with zero attached hydrogens (tertiary/aromatic N) is 1. The van der Waals surface area contributed by atoms with E-state index in [1.165, 1.54) is 11.8 Å². The number of thioether (sulfide) groups is 1. The number of ketones is 2. The van der Waals surface area contributed by atoms with Crippen LogP contribution in [0.4, 0.5) is 0 Å². The molecule has 6 nitrogen and oxygen atoms in total. The summed E-state index contributed by atoms with van der Waals surface area (Å²) in [7, 11) is 0. The van der Waals surface area contributed by atoms with Gasteiger partial charge in [-0.25, -0.2) is 4.98 Å². The molecule has 40 heavy (non-hydrogen) atoms. The van der Waals surface area contributed by atoms with Crippen LogP contribution in [-0.4, -0.2) is 51.0 Å². The van der Waals surface area contributed by atoms with E-state index in [-0.39, 0.29) is 46.6 Å². The van der Waals surface area contributed by atoms with Gasteiger partial charge in [0.1, 0.15) is 0 Å². The zero-order valence-electron chi connectivity index (χ0n) is 23.6. The summed E-state index contributed by atoms with van der Waals surface area (Å²) >= 11 is 1.44. The molecule has 0 radical (unpaired) electrons. The molecule has 0 bridgehead atoms. The van der Waals surface area contributed by atoms with Gasteiger partial charge in [0.25, 0.3) is 0 Å². The molecule has 210 valence electrons. The van der Waals surface area contributed by atoms with Crippen LogP contribution in [-0.2, 0) is 19.1 Å². The lowest BCUT2D eigenvalue weighted by molar-refractivity contribution is -0.223. The highest BCUT2D eigenvalue weighted by molar-refractivity contribution is 7.99. The zero-order chi connectivity index (χ0) is 28.1. The van der Waals surface area contributed by atoms with E-state index >= 15 is 0 Å². The highest BCUT2D eigenvalue weighted by atomic mass is 32.2. The van der Waals surface area contributed by atoms with Gasteiger partial charge >= 0.3 is 0 Å². The molecule has 7 rings (SSSR count). The lowest BCUT2D eigenvalue weighted by Crippen LogP contribution is -2.63. The summed E-state index contributed by atoms with van der Waals surface area (Å²) in [5.74, 6) is -0.252. The van der Waals surface area contributed by atoms with Crippen LogP contribution in [0.5, 0.6) is 0 Å². The van der Waals surface area contributed by atoms with Gasteiger partial charge in [0.05, 0.1) is 28.5 Å². The van der Waals surface area contributed by atoms with Crippen LogP contribution in [0, 0.1) is 28.6 Å². The van der Waals surface area contributed by atoms with E-state index in [9.17, 15) is 14.7 Å². The average Bonchev–Trinajstić information content (AvgIpc) is 3.32. The monoisotopic (exact) mass is 559 g/mol. The van der Waals surface area contributed by atoms with Crippen LogP contribution in [0.25, 0.3) is 10.9 Å². The number of aliphatic hydroxyl groups excluding tert-OH is 1. The van der Waals surface area contributed by atoms with Crippen LogP contribution in [0.2, 0.25) is 0 Å². The lowest BCUT2D eigenvalue weighted by Gasteiger charge is -2.60. The van der Waals surface area contributed by atoms with Crippen molar-refractivity contribution in [2.24, 2.45) is 28.6 Å². The number of para-hydroxylation sites is 1. The molecule has 4 aliphatic carbocycles. The molecule has 5 aliphatic rings. The number of carbonyl (C=O) groups excluding carboxylic acids is 2. The zero-order valence-corrected chi connectivity index (χ0v) is 24.4. The third-order valence-corrected chi connectivity index (χ3v) is 11.8. The number of carbonyl (C=O) groups is 2. The molecule has 1 aromatic carbocycles. The number of rotatable bonds is 4. The minimum absolute atomic E-state index is 0.00918. The molecule has 2 aromatic rings. The number of pyridine rings is 1. The summed E-state index contributed by atoms with van der Waals surface area (Å²) in [5.41, 5.74) is -0.0331. The number of benzene rings is 1. The van der Waals surface area contributed by atoms with Gasteiger partial charge in [0, 0.05) is 22.1 Å². The van der Waals surface area contributed by atoms with Crippen LogP contribution in [0.15, 0.2) is 65.2 Å². The normalized spacial score (nSPS) is 41.2. The van der Waals surface area contributed by atoms with E-state index in [1.807, 2.05) is 56.3 Å². The van der Waals surface area contributed by atoms with E-state index in [4.69, 9.17) is 14.5 Å². The molecule has 1 aliphatic heterocycles. The number of fused-ring (bicyclic) bond motifs is 8. The molecular weight excluding hydrogens is 522 g/mol. The fraction of sp³-hybridized carbons (Fsp3) is 0.545. The van der Waals surface area contributed by atoms with Crippen LogP contribution >= 0.6 is 11.8 Å². The van der Waals surface area contributed by atoms with Gasteiger partial charge < -0.3 is 14.6 Å². The first-order valence-electron chi connectivity index (χ1n) is 14.5. The summed E-state index contributed by atoms with van der Waals surface area (Å²) < 4.78 is 13.2. The average molecular weight is 560 g/mol. The number of aliphatic hydroxyl groups is 1. The van der Waals surface area contributed by atoms with E-state index < -0.39 is 22.9 Å². The second-order valence-corrected chi connectivity index (χ2v) is 14.3. The molecule has 1 N–H and O–H groups in total. The number of hydrogen-bond acceptors (Lipinski definition) is 7. The van der Waals surface area contributed by atoms with Crippen molar-refractivity contribution < 1.29 is 24.2 Å². The maximum absolute atomic E-state index is 14.4. The van der Waals surface area contributed by atoms with Crippen molar-refractivity contribution in [3.8, 4) is 0 Å².